The summed E-state index contributed by atoms with van der Waals surface area (Å²) in [5.41, 5.74) is 10.2. The molecule has 0 radical (unpaired) electrons. The van der Waals surface area contributed by atoms with E-state index in [9.17, 15) is 0 Å². The molecule has 2 N–H and O–H groups in total. The molecule has 0 spiro atoms. The molecule has 0 bridgehead atoms. The summed E-state index contributed by atoms with van der Waals surface area (Å²) >= 11 is 0. The van der Waals surface area contributed by atoms with Crippen molar-refractivity contribution in [3.05, 3.63) is 34.9 Å². The first-order valence-corrected chi connectivity index (χ1v) is 8.08. The molecule has 2 heteroatoms. The maximum Gasteiger partial charge on any atom is 0.0473 e. The molecule has 114 valence electrons. The summed E-state index contributed by atoms with van der Waals surface area (Å²) in [4.78, 5) is 2.55. The molecule has 1 aromatic rings. The van der Waals surface area contributed by atoms with Crippen molar-refractivity contribution in [3.8, 4) is 0 Å². The first-order valence-electron chi connectivity index (χ1n) is 8.08. The Bertz CT molecular complexity index is 396. The molecule has 0 saturated carbocycles. The second kappa shape index (κ2) is 8.43. The third kappa shape index (κ3) is 4.32. The Kier molecular flexibility index (Phi) is 7.25. The van der Waals surface area contributed by atoms with Gasteiger partial charge in [-0.2, -0.15) is 0 Å². The van der Waals surface area contributed by atoms with Crippen LogP contribution < -0.4 is 5.73 Å². The zero-order chi connectivity index (χ0) is 15.1. The molecule has 20 heavy (non-hydrogen) atoms. The molecule has 0 aromatic heterocycles. The van der Waals surface area contributed by atoms with E-state index in [4.69, 9.17) is 5.73 Å². The predicted molar refractivity (Wildman–Crippen MR) is 89.0 cm³/mol. The summed E-state index contributed by atoms with van der Waals surface area (Å²) in [5.74, 6) is 0.773. The van der Waals surface area contributed by atoms with Crippen molar-refractivity contribution in [1.82, 2.24) is 4.90 Å². The Labute approximate surface area is 125 Å². The first-order chi connectivity index (χ1) is 9.57. The molecular formula is C18H32N2. The van der Waals surface area contributed by atoms with E-state index < -0.39 is 0 Å². The summed E-state index contributed by atoms with van der Waals surface area (Å²) < 4.78 is 0. The van der Waals surface area contributed by atoms with Crippen LogP contribution in [0.3, 0.4) is 0 Å². The van der Waals surface area contributed by atoms with Crippen LogP contribution in [0.1, 0.15) is 56.3 Å². The summed E-state index contributed by atoms with van der Waals surface area (Å²) in [6.45, 7) is 14.1. The van der Waals surface area contributed by atoms with Crippen molar-refractivity contribution in [2.24, 2.45) is 11.7 Å². The lowest BCUT2D eigenvalue weighted by Crippen LogP contribution is -2.37. The maximum atomic E-state index is 6.11. The van der Waals surface area contributed by atoms with E-state index in [1.807, 2.05) is 0 Å². The fourth-order valence-electron chi connectivity index (χ4n) is 3.03. The van der Waals surface area contributed by atoms with E-state index in [-0.39, 0.29) is 0 Å². The van der Waals surface area contributed by atoms with E-state index >= 15 is 0 Å². The highest BCUT2D eigenvalue weighted by molar-refractivity contribution is 5.33. The van der Waals surface area contributed by atoms with Gasteiger partial charge in [-0.1, -0.05) is 57.4 Å². The summed E-state index contributed by atoms with van der Waals surface area (Å²) in [6, 6.07) is 7.08. The molecule has 0 amide bonds. The van der Waals surface area contributed by atoms with Gasteiger partial charge in [-0.3, -0.25) is 4.90 Å². The van der Waals surface area contributed by atoms with Gasteiger partial charge in [-0.05, 0) is 37.4 Å². The molecule has 0 aliphatic carbocycles. The van der Waals surface area contributed by atoms with Gasteiger partial charge in [0.15, 0.2) is 0 Å². The highest BCUT2D eigenvalue weighted by Crippen LogP contribution is 2.25. The summed E-state index contributed by atoms with van der Waals surface area (Å²) in [5, 5.41) is 0. The number of hydrogen-bond acceptors (Lipinski definition) is 2. The largest absolute Gasteiger partial charge is 0.329 e. The van der Waals surface area contributed by atoms with Gasteiger partial charge in [0.05, 0.1) is 0 Å². The fraction of sp³-hybridized carbons (Fsp3) is 0.667. The van der Waals surface area contributed by atoms with Crippen molar-refractivity contribution < 1.29 is 0 Å². The van der Waals surface area contributed by atoms with Crippen LogP contribution in [0.5, 0.6) is 0 Å². The van der Waals surface area contributed by atoms with Gasteiger partial charge in [0.1, 0.15) is 0 Å². The second-order valence-electron chi connectivity index (χ2n) is 5.88. The molecule has 0 heterocycles. The molecule has 1 rings (SSSR count). The lowest BCUT2D eigenvalue weighted by atomic mass is 9.96. The van der Waals surface area contributed by atoms with Crippen molar-refractivity contribution in [1.29, 1.82) is 0 Å². The normalized spacial score (nSPS) is 13.2. The summed E-state index contributed by atoms with van der Waals surface area (Å²) in [7, 11) is 0. The smallest absolute Gasteiger partial charge is 0.0473 e. The van der Waals surface area contributed by atoms with E-state index in [1.54, 1.807) is 0 Å². The van der Waals surface area contributed by atoms with Gasteiger partial charge >= 0.3 is 0 Å². The van der Waals surface area contributed by atoms with Crippen molar-refractivity contribution in [2.45, 2.75) is 53.5 Å². The molecule has 1 atom stereocenters. The molecule has 1 unspecified atom stereocenters. The second-order valence-corrected chi connectivity index (χ2v) is 5.88. The van der Waals surface area contributed by atoms with Gasteiger partial charge in [0.2, 0.25) is 0 Å². The van der Waals surface area contributed by atoms with Crippen LogP contribution in [-0.4, -0.2) is 24.5 Å². The molecule has 1 aromatic carbocycles. The highest BCUT2D eigenvalue weighted by Gasteiger charge is 2.21. The van der Waals surface area contributed by atoms with Crippen LogP contribution in [0.15, 0.2) is 18.2 Å². The Morgan fingerprint density at radius 3 is 2.20 bits per heavy atom. The van der Waals surface area contributed by atoms with Gasteiger partial charge in [-0.15, -0.1) is 0 Å². The number of benzene rings is 1. The quantitative estimate of drug-likeness (QED) is 0.776. The lowest BCUT2D eigenvalue weighted by Gasteiger charge is -2.33. The van der Waals surface area contributed by atoms with Gasteiger partial charge < -0.3 is 5.73 Å². The van der Waals surface area contributed by atoms with Crippen molar-refractivity contribution in [3.63, 3.8) is 0 Å². The monoisotopic (exact) mass is 276 g/mol. The van der Waals surface area contributed by atoms with Crippen LogP contribution in [0.4, 0.5) is 0 Å². The van der Waals surface area contributed by atoms with Gasteiger partial charge in [-0.25, -0.2) is 0 Å². The molecule has 0 fully saturated rings. The first kappa shape index (κ1) is 17.2. The Hall–Kier alpha value is -0.860. The van der Waals surface area contributed by atoms with Gasteiger partial charge in [0, 0.05) is 19.1 Å². The Morgan fingerprint density at radius 1 is 1.10 bits per heavy atom. The number of aryl methyl sites for hydroxylation is 2. The van der Waals surface area contributed by atoms with Crippen LogP contribution in [-0.2, 0) is 0 Å². The molecule has 0 aliphatic heterocycles. The third-order valence-corrected chi connectivity index (χ3v) is 4.50. The Balaban J connectivity index is 2.96. The minimum atomic E-state index is 0.348. The summed E-state index contributed by atoms with van der Waals surface area (Å²) in [6.07, 6.45) is 2.49. The van der Waals surface area contributed by atoms with Crippen LogP contribution in [0, 0.1) is 19.8 Å². The maximum absolute atomic E-state index is 6.11. The van der Waals surface area contributed by atoms with Gasteiger partial charge in [0.25, 0.3) is 0 Å². The topological polar surface area (TPSA) is 29.3 Å². The predicted octanol–water partition coefficient (Wildman–Crippen LogP) is 4.06. The molecule has 0 aliphatic rings. The van der Waals surface area contributed by atoms with E-state index in [2.05, 4.69) is 57.7 Å². The minimum Gasteiger partial charge on any atom is -0.329 e. The van der Waals surface area contributed by atoms with Crippen molar-refractivity contribution in [2.75, 3.05) is 19.6 Å². The van der Waals surface area contributed by atoms with E-state index in [0.29, 0.717) is 12.6 Å². The van der Waals surface area contributed by atoms with Crippen LogP contribution in [0.2, 0.25) is 0 Å². The third-order valence-electron chi connectivity index (χ3n) is 4.50. The zero-order valence-corrected chi connectivity index (χ0v) is 13.9. The molecular weight excluding hydrogens is 244 g/mol. The Morgan fingerprint density at radius 2 is 1.75 bits per heavy atom. The lowest BCUT2D eigenvalue weighted by molar-refractivity contribution is 0.174. The zero-order valence-electron chi connectivity index (χ0n) is 13.9. The van der Waals surface area contributed by atoms with Crippen molar-refractivity contribution >= 4 is 0 Å². The van der Waals surface area contributed by atoms with Crippen LogP contribution >= 0.6 is 0 Å². The highest BCUT2D eigenvalue weighted by atomic mass is 15.2. The number of likely N-dealkylation sites (N-methyl/N-ethyl adjacent to an activating group) is 1. The SMILES string of the molecule is CCC(CC)CN(CC)C(CN)c1ccc(C)cc1C. The number of rotatable bonds is 8. The minimum absolute atomic E-state index is 0.348. The fourth-order valence-corrected chi connectivity index (χ4v) is 3.03. The average molecular weight is 276 g/mol. The van der Waals surface area contributed by atoms with E-state index in [0.717, 1.165) is 19.0 Å². The molecule has 2 nitrogen and oxygen atoms in total. The van der Waals surface area contributed by atoms with E-state index in [1.165, 1.54) is 29.5 Å². The number of nitrogens with zero attached hydrogens (tertiary/aromatic N) is 1. The standard InChI is InChI=1S/C18H32N2/c1-6-16(7-2)13-20(8-3)18(12-19)17-10-9-14(4)11-15(17)5/h9-11,16,18H,6-8,12-13,19H2,1-5H3. The molecule has 0 saturated heterocycles. The number of hydrogen-bond donors (Lipinski definition) is 1. The number of nitrogens with two attached hydrogens (primary N) is 1. The van der Waals surface area contributed by atoms with Crippen LogP contribution in [0.25, 0.3) is 0 Å². The average Bonchev–Trinajstić information content (AvgIpc) is 2.45.